The van der Waals surface area contributed by atoms with Gasteiger partial charge >= 0.3 is 0 Å². The van der Waals surface area contributed by atoms with Crippen molar-refractivity contribution in [2.75, 3.05) is 26.2 Å². The first kappa shape index (κ1) is 22.6. The van der Waals surface area contributed by atoms with Crippen LogP contribution in [0.3, 0.4) is 0 Å². The summed E-state index contributed by atoms with van der Waals surface area (Å²) in [6, 6.07) is 6.39. The van der Waals surface area contributed by atoms with E-state index in [0.29, 0.717) is 6.04 Å². The van der Waals surface area contributed by atoms with Gasteiger partial charge in [-0.15, -0.1) is 0 Å². The van der Waals surface area contributed by atoms with Crippen LogP contribution in [0, 0.1) is 6.92 Å². The summed E-state index contributed by atoms with van der Waals surface area (Å²) in [4.78, 5) is 15.3. The molecule has 178 valence electrons. The van der Waals surface area contributed by atoms with Crippen LogP contribution in [0.25, 0.3) is 33.5 Å². The van der Waals surface area contributed by atoms with Crippen LogP contribution in [0.2, 0.25) is 0 Å². The number of nitrogens with zero attached hydrogens (tertiary/aromatic N) is 5. The van der Waals surface area contributed by atoms with Crippen LogP contribution in [-0.2, 0) is 0 Å². The Bertz CT molecular complexity index is 1270. The van der Waals surface area contributed by atoms with Crippen LogP contribution in [0.4, 0.5) is 0 Å². The molecule has 0 aliphatic carbocycles. The highest BCUT2D eigenvalue weighted by Crippen LogP contribution is 2.31. The summed E-state index contributed by atoms with van der Waals surface area (Å²) in [5.41, 5.74) is 6.43. The van der Waals surface area contributed by atoms with Crippen molar-refractivity contribution < 1.29 is 9.84 Å². The maximum Gasteiger partial charge on any atom is 0.156 e. The van der Waals surface area contributed by atoms with Crippen LogP contribution in [-0.4, -0.2) is 67.1 Å². The molecule has 0 unspecified atom stereocenters. The molecule has 1 atom stereocenters. The Kier molecular flexibility index (Phi) is 6.34. The molecule has 8 heteroatoms. The molecular formula is C26H32N6O2. The summed E-state index contributed by atoms with van der Waals surface area (Å²) in [7, 11) is 0. The van der Waals surface area contributed by atoms with Crippen molar-refractivity contribution in [1.82, 2.24) is 29.6 Å². The summed E-state index contributed by atoms with van der Waals surface area (Å²) < 4.78 is 7.80. The van der Waals surface area contributed by atoms with E-state index in [2.05, 4.69) is 37.8 Å². The van der Waals surface area contributed by atoms with Gasteiger partial charge in [-0.05, 0) is 57.0 Å². The van der Waals surface area contributed by atoms with Gasteiger partial charge in [-0.2, -0.15) is 5.10 Å². The summed E-state index contributed by atoms with van der Waals surface area (Å²) in [5, 5.41) is 14.2. The summed E-state index contributed by atoms with van der Waals surface area (Å²) >= 11 is 0. The minimum absolute atomic E-state index is 0.268. The average Bonchev–Trinajstić information content (AvgIpc) is 3.50. The van der Waals surface area contributed by atoms with Crippen LogP contribution >= 0.6 is 0 Å². The van der Waals surface area contributed by atoms with Crippen LogP contribution in [0.1, 0.15) is 38.3 Å². The van der Waals surface area contributed by atoms with Crippen molar-refractivity contribution in [2.45, 2.75) is 45.8 Å². The molecule has 0 saturated carbocycles. The van der Waals surface area contributed by atoms with E-state index in [-0.39, 0.29) is 6.61 Å². The van der Waals surface area contributed by atoms with Crippen molar-refractivity contribution in [3.8, 4) is 28.1 Å². The summed E-state index contributed by atoms with van der Waals surface area (Å²) in [6.45, 7) is 9.56. The maximum atomic E-state index is 9.48. The topological polar surface area (TPSA) is 92.1 Å². The van der Waals surface area contributed by atoms with Gasteiger partial charge in [0.25, 0.3) is 0 Å². The smallest absolute Gasteiger partial charge is 0.156 e. The molecule has 4 aromatic rings. The lowest BCUT2D eigenvalue weighted by atomic mass is 10.1. The van der Waals surface area contributed by atoms with Crippen molar-refractivity contribution in [1.29, 1.82) is 0 Å². The lowest BCUT2D eigenvalue weighted by Crippen LogP contribution is -2.34. The lowest BCUT2D eigenvalue weighted by molar-refractivity contribution is 0.122. The maximum absolute atomic E-state index is 9.48. The SMILES string of the molecule is CCN1CCC(n2cc(-c3c[nH]c4ncc(-c5ccc(OC[C@@H](C)O)c(C)c5)nc34)cn2)CC1. The molecule has 3 aromatic heterocycles. The Hall–Kier alpha value is -3.23. The zero-order valence-corrected chi connectivity index (χ0v) is 20.0. The van der Waals surface area contributed by atoms with Gasteiger partial charge in [0, 0.05) is 42.2 Å². The quantitative estimate of drug-likeness (QED) is 0.429. The minimum Gasteiger partial charge on any atom is -0.491 e. The number of aliphatic hydroxyl groups excluding tert-OH is 1. The first-order valence-electron chi connectivity index (χ1n) is 12.0. The molecule has 8 nitrogen and oxygen atoms in total. The highest BCUT2D eigenvalue weighted by molar-refractivity contribution is 5.91. The number of fused-ring (bicyclic) bond motifs is 1. The van der Waals surface area contributed by atoms with Crippen molar-refractivity contribution in [2.24, 2.45) is 0 Å². The number of hydrogen-bond acceptors (Lipinski definition) is 6. The van der Waals surface area contributed by atoms with E-state index in [9.17, 15) is 5.11 Å². The van der Waals surface area contributed by atoms with E-state index in [1.165, 1.54) is 0 Å². The normalized spacial score (nSPS) is 16.2. The number of nitrogens with one attached hydrogen (secondary N) is 1. The molecule has 1 aliphatic rings. The molecule has 0 bridgehead atoms. The molecule has 34 heavy (non-hydrogen) atoms. The number of piperidine rings is 1. The Balaban J connectivity index is 1.40. The van der Waals surface area contributed by atoms with E-state index in [1.54, 1.807) is 13.1 Å². The molecule has 1 aromatic carbocycles. The standard InChI is InChI=1S/C26H32N6O2/c1-4-31-9-7-21(8-10-31)32-15-20(12-29-32)22-13-27-26-25(22)30-23(14-28-26)19-5-6-24(17(2)11-19)34-16-18(3)33/h5-6,11-15,18,21,33H,4,7-10,16H2,1-3H3,(H,27,28)/t18-/m1/s1. The van der Waals surface area contributed by atoms with E-state index in [4.69, 9.17) is 9.72 Å². The van der Waals surface area contributed by atoms with Gasteiger partial charge in [-0.25, -0.2) is 9.97 Å². The number of likely N-dealkylation sites (tertiary alicyclic amines) is 1. The number of benzene rings is 1. The molecule has 1 fully saturated rings. The van der Waals surface area contributed by atoms with Gasteiger partial charge in [0.2, 0.25) is 0 Å². The Morgan fingerprint density at radius 3 is 2.76 bits per heavy atom. The predicted octanol–water partition coefficient (Wildman–Crippen LogP) is 4.21. The number of aromatic amines is 1. The first-order chi connectivity index (χ1) is 16.5. The summed E-state index contributed by atoms with van der Waals surface area (Å²) in [5.74, 6) is 0.762. The number of aliphatic hydroxyl groups is 1. The molecule has 4 heterocycles. The van der Waals surface area contributed by atoms with Gasteiger partial charge in [0.05, 0.1) is 30.2 Å². The second-order valence-electron chi connectivity index (χ2n) is 9.17. The summed E-state index contributed by atoms with van der Waals surface area (Å²) in [6.07, 6.45) is 9.58. The molecule has 0 amide bonds. The highest BCUT2D eigenvalue weighted by Gasteiger charge is 2.21. The van der Waals surface area contributed by atoms with E-state index < -0.39 is 6.10 Å². The van der Waals surface area contributed by atoms with Gasteiger partial charge in [-0.1, -0.05) is 6.92 Å². The van der Waals surface area contributed by atoms with Crippen molar-refractivity contribution in [3.05, 3.63) is 48.5 Å². The fraction of sp³-hybridized carbons (Fsp3) is 0.423. The molecule has 2 N–H and O–H groups in total. The van der Waals surface area contributed by atoms with Crippen LogP contribution in [0.15, 0.2) is 43.0 Å². The predicted molar refractivity (Wildman–Crippen MR) is 133 cm³/mol. The third kappa shape index (κ3) is 4.56. The van der Waals surface area contributed by atoms with E-state index in [0.717, 1.165) is 77.3 Å². The van der Waals surface area contributed by atoms with E-state index >= 15 is 0 Å². The Labute approximate surface area is 199 Å². The second-order valence-corrected chi connectivity index (χ2v) is 9.17. The zero-order valence-electron chi connectivity index (χ0n) is 20.0. The first-order valence-corrected chi connectivity index (χ1v) is 12.0. The average molecular weight is 461 g/mol. The molecule has 1 aliphatic heterocycles. The minimum atomic E-state index is -0.507. The molecule has 0 radical (unpaired) electrons. The monoisotopic (exact) mass is 460 g/mol. The number of H-pyrrole nitrogens is 1. The number of ether oxygens (including phenoxy) is 1. The number of rotatable bonds is 7. The van der Waals surface area contributed by atoms with Crippen LogP contribution in [0.5, 0.6) is 5.75 Å². The highest BCUT2D eigenvalue weighted by atomic mass is 16.5. The van der Waals surface area contributed by atoms with Gasteiger partial charge < -0.3 is 19.7 Å². The Morgan fingerprint density at radius 1 is 1.21 bits per heavy atom. The number of hydrogen-bond donors (Lipinski definition) is 2. The lowest BCUT2D eigenvalue weighted by Gasteiger charge is -2.31. The van der Waals surface area contributed by atoms with Crippen molar-refractivity contribution >= 4 is 11.2 Å². The number of aromatic nitrogens is 5. The van der Waals surface area contributed by atoms with Gasteiger partial charge in [0.15, 0.2) is 5.65 Å². The fourth-order valence-corrected chi connectivity index (χ4v) is 4.61. The number of aryl methyl sites for hydroxylation is 1. The van der Waals surface area contributed by atoms with Gasteiger partial charge in [-0.3, -0.25) is 4.68 Å². The van der Waals surface area contributed by atoms with Gasteiger partial charge in [0.1, 0.15) is 17.9 Å². The van der Waals surface area contributed by atoms with E-state index in [1.807, 2.05) is 37.5 Å². The molecule has 5 rings (SSSR count). The fourth-order valence-electron chi connectivity index (χ4n) is 4.61. The zero-order chi connectivity index (χ0) is 23.7. The molecule has 0 spiro atoms. The largest absolute Gasteiger partial charge is 0.491 e. The van der Waals surface area contributed by atoms with Crippen molar-refractivity contribution in [3.63, 3.8) is 0 Å². The molecular weight excluding hydrogens is 428 g/mol. The van der Waals surface area contributed by atoms with Crippen LogP contribution < -0.4 is 4.74 Å². The second kappa shape index (κ2) is 9.56. The Morgan fingerprint density at radius 2 is 2.03 bits per heavy atom. The third-order valence-electron chi connectivity index (χ3n) is 6.62. The third-order valence-corrected chi connectivity index (χ3v) is 6.62. The molecule has 1 saturated heterocycles.